The number of nitrogen functional groups attached to an aromatic ring is 1. The lowest BCUT2D eigenvalue weighted by atomic mass is 10.3. The number of benzene rings is 1. The number of hydrogen-bond acceptors (Lipinski definition) is 5. The maximum absolute atomic E-state index is 11.2. The summed E-state index contributed by atoms with van der Waals surface area (Å²) in [4.78, 5) is 15.3. The fourth-order valence-electron chi connectivity index (χ4n) is 1.21. The minimum atomic E-state index is -0.388. The highest BCUT2D eigenvalue weighted by molar-refractivity contribution is 7.11. The molecule has 2 aromatic rings. The summed E-state index contributed by atoms with van der Waals surface area (Å²) >= 11 is 1.23. The number of carbonyl (C=O) groups is 1. The minimum absolute atomic E-state index is 0.332. The number of carbonyl (C=O) groups excluding carboxylic acids is 1. The first kappa shape index (κ1) is 11.6. The number of thiazole rings is 1. The molecule has 0 fully saturated rings. The highest BCUT2D eigenvalue weighted by Gasteiger charge is 2.09. The van der Waals surface area contributed by atoms with Gasteiger partial charge in [-0.1, -0.05) is 18.2 Å². The number of nitrogens with zero attached hydrogens (tertiary/aromatic N) is 1. The van der Waals surface area contributed by atoms with E-state index < -0.39 is 0 Å². The van der Waals surface area contributed by atoms with E-state index in [-0.39, 0.29) is 5.91 Å². The molecule has 1 amide bonds. The Morgan fingerprint density at radius 3 is 2.88 bits per heavy atom. The third-order valence-corrected chi connectivity index (χ3v) is 2.90. The first-order valence-electron chi connectivity index (χ1n) is 4.93. The van der Waals surface area contributed by atoms with E-state index in [1.54, 1.807) is 5.38 Å². The number of aromatic nitrogens is 1. The second-order valence-electron chi connectivity index (χ2n) is 3.22. The topological polar surface area (TPSA) is 77.2 Å². The molecule has 0 bridgehead atoms. The van der Waals surface area contributed by atoms with Crippen molar-refractivity contribution in [1.82, 2.24) is 10.4 Å². The molecule has 0 saturated heterocycles. The number of para-hydroxylation sites is 1. The van der Waals surface area contributed by atoms with E-state index in [2.05, 4.69) is 4.98 Å². The van der Waals surface area contributed by atoms with Gasteiger partial charge in [0.2, 0.25) is 0 Å². The number of rotatable bonds is 4. The maximum Gasteiger partial charge on any atom is 0.294 e. The molecular formula is C11H11N3O2S. The second kappa shape index (κ2) is 5.42. The maximum atomic E-state index is 11.2. The smallest absolute Gasteiger partial charge is 0.294 e. The van der Waals surface area contributed by atoms with Crippen molar-refractivity contribution in [3.8, 4) is 5.75 Å². The van der Waals surface area contributed by atoms with E-state index >= 15 is 0 Å². The highest BCUT2D eigenvalue weighted by Crippen LogP contribution is 2.14. The van der Waals surface area contributed by atoms with Gasteiger partial charge in [-0.05, 0) is 12.1 Å². The van der Waals surface area contributed by atoms with Gasteiger partial charge in [0.05, 0.1) is 5.69 Å². The Hall–Kier alpha value is -1.92. The summed E-state index contributed by atoms with van der Waals surface area (Å²) in [6.45, 7) is 0.332. The van der Waals surface area contributed by atoms with Crippen molar-refractivity contribution in [1.29, 1.82) is 0 Å². The van der Waals surface area contributed by atoms with Crippen molar-refractivity contribution in [2.75, 3.05) is 0 Å². The Kier molecular flexibility index (Phi) is 3.69. The summed E-state index contributed by atoms with van der Waals surface area (Å²) in [7, 11) is 0. The Labute approximate surface area is 102 Å². The van der Waals surface area contributed by atoms with Gasteiger partial charge >= 0.3 is 0 Å². The lowest BCUT2D eigenvalue weighted by molar-refractivity contribution is 0.0953. The summed E-state index contributed by atoms with van der Waals surface area (Å²) in [5, 5.41) is 2.10. The molecule has 88 valence electrons. The summed E-state index contributed by atoms with van der Waals surface area (Å²) in [6.07, 6.45) is 0. The number of hydrazine groups is 1. The van der Waals surface area contributed by atoms with Crippen molar-refractivity contribution < 1.29 is 9.53 Å². The molecule has 0 saturated carbocycles. The van der Waals surface area contributed by atoms with E-state index in [4.69, 9.17) is 10.6 Å². The van der Waals surface area contributed by atoms with Crippen LogP contribution in [-0.4, -0.2) is 10.9 Å². The predicted octanol–water partition coefficient (Wildman–Crippen LogP) is 1.33. The summed E-state index contributed by atoms with van der Waals surface area (Å²) in [6, 6.07) is 9.42. The molecule has 0 aliphatic carbocycles. The van der Waals surface area contributed by atoms with Crippen LogP contribution in [0.3, 0.4) is 0 Å². The SMILES string of the molecule is NNC(=O)c1nc(COc2ccccc2)cs1. The molecule has 0 aliphatic heterocycles. The fraction of sp³-hybridized carbons (Fsp3) is 0.0909. The van der Waals surface area contributed by atoms with E-state index in [1.165, 1.54) is 11.3 Å². The van der Waals surface area contributed by atoms with Crippen molar-refractivity contribution in [2.45, 2.75) is 6.61 Å². The second-order valence-corrected chi connectivity index (χ2v) is 4.08. The van der Waals surface area contributed by atoms with Gasteiger partial charge in [-0.2, -0.15) is 0 Å². The van der Waals surface area contributed by atoms with Gasteiger partial charge < -0.3 is 4.74 Å². The van der Waals surface area contributed by atoms with Gasteiger partial charge in [0, 0.05) is 5.38 Å². The average Bonchev–Trinajstić information content (AvgIpc) is 2.85. The molecule has 0 unspecified atom stereocenters. The summed E-state index contributed by atoms with van der Waals surface area (Å²) < 4.78 is 5.50. The quantitative estimate of drug-likeness (QED) is 0.487. The van der Waals surface area contributed by atoms with E-state index in [0.717, 1.165) is 5.75 Å². The molecule has 3 N–H and O–H groups in total. The van der Waals surface area contributed by atoms with E-state index in [9.17, 15) is 4.79 Å². The van der Waals surface area contributed by atoms with Crippen LogP contribution in [0.2, 0.25) is 0 Å². The molecule has 1 aromatic heterocycles. The molecule has 6 heteroatoms. The first-order chi connectivity index (χ1) is 8.29. The number of amides is 1. The third-order valence-electron chi connectivity index (χ3n) is 2.01. The Morgan fingerprint density at radius 2 is 2.18 bits per heavy atom. The third kappa shape index (κ3) is 3.02. The number of nitrogens with two attached hydrogens (primary N) is 1. The number of ether oxygens (including phenoxy) is 1. The molecule has 0 aliphatic rings. The zero-order valence-electron chi connectivity index (χ0n) is 8.92. The molecule has 17 heavy (non-hydrogen) atoms. The fourth-order valence-corrected chi connectivity index (χ4v) is 1.92. The lowest BCUT2D eigenvalue weighted by Crippen LogP contribution is -2.29. The van der Waals surface area contributed by atoms with Crippen LogP contribution in [0.25, 0.3) is 0 Å². The number of nitrogens with one attached hydrogen (secondary N) is 1. The van der Waals surface area contributed by atoms with Crippen molar-refractivity contribution in [2.24, 2.45) is 5.84 Å². The lowest BCUT2D eigenvalue weighted by Gasteiger charge is -2.02. The highest BCUT2D eigenvalue weighted by atomic mass is 32.1. The molecule has 2 rings (SSSR count). The Morgan fingerprint density at radius 1 is 1.41 bits per heavy atom. The zero-order valence-corrected chi connectivity index (χ0v) is 9.74. The summed E-state index contributed by atoms with van der Waals surface area (Å²) in [5.41, 5.74) is 2.74. The predicted molar refractivity (Wildman–Crippen MR) is 64.5 cm³/mol. The first-order valence-corrected chi connectivity index (χ1v) is 5.81. The summed E-state index contributed by atoms with van der Waals surface area (Å²) in [5.74, 6) is 5.40. The number of hydrogen-bond donors (Lipinski definition) is 2. The average molecular weight is 249 g/mol. The van der Waals surface area contributed by atoms with Crippen LogP contribution in [0.1, 0.15) is 15.5 Å². The largest absolute Gasteiger partial charge is 0.487 e. The standard InChI is InChI=1S/C11H11N3O2S/c12-14-10(15)11-13-8(7-17-11)6-16-9-4-2-1-3-5-9/h1-5,7H,6,12H2,(H,14,15). The van der Waals surface area contributed by atoms with Gasteiger partial charge in [-0.15, -0.1) is 11.3 Å². The zero-order chi connectivity index (χ0) is 12.1. The van der Waals surface area contributed by atoms with Gasteiger partial charge in [0.25, 0.3) is 5.91 Å². The van der Waals surface area contributed by atoms with Crippen LogP contribution in [0.5, 0.6) is 5.75 Å². The van der Waals surface area contributed by atoms with Gasteiger partial charge in [0.15, 0.2) is 5.01 Å². The van der Waals surface area contributed by atoms with Crippen molar-refractivity contribution >= 4 is 17.2 Å². The van der Waals surface area contributed by atoms with Crippen LogP contribution < -0.4 is 16.0 Å². The van der Waals surface area contributed by atoms with Crippen LogP contribution in [0, 0.1) is 0 Å². The van der Waals surface area contributed by atoms with E-state index in [0.29, 0.717) is 17.3 Å². The molecule has 0 atom stereocenters. The van der Waals surface area contributed by atoms with Gasteiger partial charge in [0.1, 0.15) is 12.4 Å². The Balaban J connectivity index is 1.96. The van der Waals surface area contributed by atoms with Crippen LogP contribution >= 0.6 is 11.3 Å². The Bertz CT molecular complexity index is 498. The molecule has 1 aromatic carbocycles. The van der Waals surface area contributed by atoms with Crippen LogP contribution in [0.4, 0.5) is 0 Å². The van der Waals surface area contributed by atoms with Crippen LogP contribution in [0.15, 0.2) is 35.7 Å². The molecule has 0 spiro atoms. The molecular weight excluding hydrogens is 238 g/mol. The monoisotopic (exact) mass is 249 g/mol. The van der Waals surface area contributed by atoms with Crippen LogP contribution in [-0.2, 0) is 6.61 Å². The minimum Gasteiger partial charge on any atom is -0.487 e. The van der Waals surface area contributed by atoms with Gasteiger partial charge in [-0.3, -0.25) is 10.2 Å². The molecule has 1 heterocycles. The molecule has 5 nitrogen and oxygen atoms in total. The van der Waals surface area contributed by atoms with E-state index in [1.807, 2.05) is 35.8 Å². The molecule has 0 radical (unpaired) electrons. The van der Waals surface area contributed by atoms with Crippen molar-refractivity contribution in [3.63, 3.8) is 0 Å². The normalized spacial score (nSPS) is 9.94. The van der Waals surface area contributed by atoms with Crippen molar-refractivity contribution in [3.05, 3.63) is 46.4 Å². The van der Waals surface area contributed by atoms with Gasteiger partial charge in [-0.25, -0.2) is 10.8 Å².